The third kappa shape index (κ3) is 4.51. The molecular weight excluding hydrogens is 361 g/mol. The topological polar surface area (TPSA) is 104 Å². The van der Waals surface area contributed by atoms with Gasteiger partial charge in [-0.1, -0.05) is 27.7 Å². The summed E-state index contributed by atoms with van der Waals surface area (Å²) in [6.07, 6.45) is 0.201. The molecule has 9 heteroatoms. The molecule has 1 atom stereocenters. The van der Waals surface area contributed by atoms with Gasteiger partial charge >= 0.3 is 6.03 Å². The van der Waals surface area contributed by atoms with Crippen molar-refractivity contribution in [1.82, 2.24) is 10.0 Å². The Morgan fingerprint density at radius 2 is 1.73 bits per heavy atom. The third-order valence-corrected chi connectivity index (χ3v) is 5.78. The molecule has 144 valence electrons. The molecule has 1 aromatic rings. The number of amides is 3. The Morgan fingerprint density at radius 1 is 1.19 bits per heavy atom. The molecule has 2 rings (SSSR count). The zero-order valence-corrected chi connectivity index (χ0v) is 16.0. The maximum absolute atomic E-state index is 13.9. The Labute approximate surface area is 152 Å². The molecule has 0 aromatic heterocycles. The van der Waals surface area contributed by atoms with Crippen molar-refractivity contribution in [1.29, 1.82) is 0 Å². The van der Waals surface area contributed by atoms with E-state index in [0.717, 1.165) is 0 Å². The van der Waals surface area contributed by atoms with Crippen LogP contribution in [0.15, 0.2) is 12.1 Å². The monoisotopic (exact) mass is 385 g/mol. The van der Waals surface area contributed by atoms with Gasteiger partial charge in [0.2, 0.25) is 5.91 Å². The van der Waals surface area contributed by atoms with Crippen molar-refractivity contribution >= 4 is 27.6 Å². The van der Waals surface area contributed by atoms with Crippen molar-refractivity contribution < 1.29 is 22.4 Å². The predicted octanol–water partition coefficient (Wildman–Crippen LogP) is 2.76. The van der Waals surface area contributed by atoms with Crippen molar-refractivity contribution in [3.05, 3.63) is 29.1 Å². The van der Waals surface area contributed by atoms with E-state index in [0.29, 0.717) is 16.8 Å². The molecule has 1 heterocycles. The highest BCUT2D eigenvalue weighted by Crippen LogP contribution is 2.33. The van der Waals surface area contributed by atoms with Crippen LogP contribution in [-0.4, -0.2) is 25.7 Å². The highest BCUT2D eigenvalue weighted by atomic mass is 32.2. The van der Waals surface area contributed by atoms with Gasteiger partial charge in [0.25, 0.3) is 10.0 Å². The van der Waals surface area contributed by atoms with Gasteiger partial charge in [0.05, 0.1) is 0 Å². The molecular formula is C17H24FN3O4S. The van der Waals surface area contributed by atoms with Crippen molar-refractivity contribution in [2.75, 3.05) is 5.32 Å². The Bertz CT molecular complexity index is 792. The van der Waals surface area contributed by atoms with E-state index in [1.54, 1.807) is 0 Å². The summed E-state index contributed by atoms with van der Waals surface area (Å²) in [4.78, 5) is 23.5. The van der Waals surface area contributed by atoms with Gasteiger partial charge in [-0.25, -0.2) is 22.3 Å². The molecule has 0 saturated carbocycles. The molecule has 1 aliphatic rings. The average molecular weight is 385 g/mol. The van der Waals surface area contributed by atoms with E-state index in [-0.39, 0.29) is 30.6 Å². The number of hydrogen-bond acceptors (Lipinski definition) is 4. The van der Waals surface area contributed by atoms with Crippen molar-refractivity contribution in [2.24, 2.45) is 0 Å². The maximum Gasteiger partial charge on any atom is 0.332 e. The summed E-state index contributed by atoms with van der Waals surface area (Å²) in [5, 5.41) is 3.73. The van der Waals surface area contributed by atoms with Crippen LogP contribution in [0.2, 0.25) is 0 Å². The van der Waals surface area contributed by atoms with Crippen LogP contribution in [0.4, 0.5) is 14.9 Å². The average Bonchev–Trinajstić information content (AvgIpc) is 2.95. The zero-order valence-electron chi connectivity index (χ0n) is 15.2. The standard InChI is InChI=1S/C17H24FN3O4S/c1-9(2)12-7-11(18)8-13(10(3)4)16(12)20-17(23)21-26(24,25)15-6-5-14(22)19-15/h7-10,15H,5-6H2,1-4H3,(H,19,22)(H2,20,21,23). The molecule has 3 N–H and O–H groups in total. The minimum absolute atomic E-state index is 0.0794. The highest BCUT2D eigenvalue weighted by Gasteiger charge is 2.34. The number of rotatable bonds is 5. The number of nitrogens with one attached hydrogen (secondary N) is 3. The van der Waals surface area contributed by atoms with Gasteiger partial charge in [0.1, 0.15) is 5.82 Å². The number of carbonyl (C=O) groups excluding carboxylic acids is 2. The summed E-state index contributed by atoms with van der Waals surface area (Å²) in [7, 11) is -4.05. The molecule has 1 fully saturated rings. The van der Waals surface area contributed by atoms with E-state index in [1.165, 1.54) is 12.1 Å². The number of benzene rings is 1. The number of anilines is 1. The molecule has 1 unspecified atom stereocenters. The lowest BCUT2D eigenvalue weighted by atomic mass is 9.92. The second-order valence-electron chi connectivity index (χ2n) is 6.96. The SMILES string of the molecule is CC(C)c1cc(F)cc(C(C)C)c1NC(=O)NS(=O)(=O)C1CCC(=O)N1. The van der Waals surface area contributed by atoms with Crippen LogP contribution in [0.5, 0.6) is 0 Å². The minimum Gasteiger partial charge on any atom is -0.338 e. The van der Waals surface area contributed by atoms with Gasteiger partial charge in [-0.15, -0.1) is 0 Å². The molecule has 1 aromatic carbocycles. The summed E-state index contributed by atoms with van der Waals surface area (Å²) in [6, 6.07) is 1.72. The van der Waals surface area contributed by atoms with Crippen molar-refractivity contribution in [3.8, 4) is 0 Å². The first-order valence-corrected chi connectivity index (χ1v) is 10.0. The Morgan fingerprint density at radius 3 is 2.15 bits per heavy atom. The summed E-state index contributed by atoms with van der Waals surface area (Å²) in [5.41, 5.74) is 1.56. The van der Waals surface area contributed by atoms with E-state index >= 15 is 0 Å². The van der Waals surface area contributed by atoms with Gasteiger partial charge in [-0.2, -0.15) is 0 Å². The predicted molar refractivity (Wildman–Crippen MR) is 96.8 cm³/mol. The van der Waals surface area contributed by atoms with E-state index in [9.17, 15) is 22.4 Å². The van der Waals surface area contributed by atoms with Crippen LogP contribution < -0.4 is 15.4 Å². The smallest absolute Gasteiger partial charge is 0.332 e. The second kappa shape index (κ2) is 7.61. The summed E-state index contributed by atoms with van der Waals surface area (Å²) in [5.74, 6) is -0.943. The van der Waals surface area contributed by atoms with E-state index in [4.69, 9.17) is 0 Å². The molecule has 0 spiro atoms. The second-order valence-corrected chi connectivity index (χ2v) is 8.83. The fourth-order valence-corrected chi connectivity index (χ4v) is 4.03. The van der Waals surface area contributed by atoms with Crippen LogP contribution in [-0.2, 0) is 14.8 Å². The van der Waals surface area contributed by atoms with Gasteiger partial charge in [-0.3, -0.25) is 4.79 Å². The van der Waals surface area contributed by atoms with Crippen LogP contribution in [0.3, 0.4) is 0 Å². The first-order chi connectivity index (χ1) is 12.0. The van der Waals surface area contributed by atoms with Gasteiger partial charge in [0, 0.05) is 12.1 Å². The van der Waals surface area contributed by atoms with E-state index in [2.05, 4.69) is 10.6 Å². The Hall–Kier alpha value is -2.16. The Balaban J connectivity index is 2.27. The number of urea groups is 1. The van der Waals surface area contributed by atoms with Crippen LogP contribution in [0.25, 0.3) is 0 Å². The number of sulfonamides is 1. The van der Waals surface area contributed by atoms with Crippen molar-refractivity contribution in [3.63, 3.8) is 0 Å². The molecule has 1 aliphatic heterocycles. The minimum atomic E-state index is -4.05. The van der Waals surface area contributed by atoms with Crippen LogP contribution in [0, 0.1) is 5.82 Å². The fraction of sp³-hybridized carbons (Fsp3) is 0.529. The first-order valence-electron chi connectivity index (χ1n) is 8.46. The molecule has 0 radical (unpaired) electrons. The fourth-order valence-electron chi connectivity index (χ4n) is 2.86. The maximum atomic E-state index is 13.9. The van der Waals surface area contributed by atoms with Crippen molar-refractivity contribution in [2.45, 2.75) is 57.7 Å². The molecule has 26 heavy (non-hydrogen) atoms. The molecule has 0 aliphatic carbocycles. The quantitative estimate of drug-likeness (QED) is 0.725. The van der Waals surface area contributed by atoms with E-state index < -0.39 is 27.2 Å². The number of hydrogen-bond donors (Lipinski definition) is 3. The zero-order chi connectivity index (χ0) is 19.6. The highest BCUT2D eigenvalue weighted by molar-refractivity contribution is 7.90. The third-order valence-electron chi connectivity index (χ3n) is 4.21. The van der Waals surface area contributed by atoms with Crippen LogP contribution in [0.1, 0.15) is 63.5 Å². The number of carbonyl (C=O) groups is 2. The van der Waals surface area contributed by atoms with E-state index in [1.807, 2.05) is 32.4 Å². The van der Waals surface area contributed by atoms with Gasteiger partial charge in [-0.05, 0) is 41.5 Å². The summed E-state index contributed by atoms with van der Waals surface area (Å²) >= 11 is 0. The molecule has 7 nitrogen and oxygen atoms in total. The molecule has 1 saturated heterocycles. The molecule has 0 bridgehead atoms. The first kappa shape index (κ1) is 20.2. The number of halogens is 1. The lowest BCUT2D eigenvalue weighted by Crippen LogP contribution is -2.45. The lowest BCUT2D eigenvalue weighted by Gasteiger charge is -2.21. The Kier molecular flexibility index (Phi) is 5.90. The largest absolute Gasteiger partial charge is 0.338 e. The molecule has 3 amide bonds. The van der Waals surface area contributed by atoms with Crippen LogP contribution >= 0.6 is 0 Å². The summed E-state index contributed by atoms with van der Waals surface area (Å²) < 4.78 is 40.3. The van der Waals surface area contributed by atoms with Gasteiger partial charge in [0.15, 0.2) is 5.37 Å². The van der Waals surface area contributed by atoms with Gasteiger partial charge < -0.3 is 10.6 Å². The lowest BCUT2D eigenvalue weighted by molar-refractivity contribution is -0.119. The normalized spacial score (nSPS) is 17.5. The summed E-state index contributed by atoms with van der Waals surface area (Å²) in [6.45, 7) is 7.42.